The molecular formula is C8H12BrN. The predicted molar refractivity (Wildman–Crippen MR) is 46.7 cm³/mol. The summed E-state index contributed by atoms with van der Waals surface area (Å²) in [6.45, 7) is 6.08. The molecule has 0 N–H and O–H groups in total. The van der Waals surface area contributed by atoms with E-state index in [1.807, 2.05) is 20.8 Å². The highest BCUT2D eigenvalue weighted by Gasteiger charge is 2.05. The second-order valence-corrected chi connectivity index (χ2v) is 3.40. The van der Waals surface area contributed by atoms with E-state index < -0.39 is 0 Å². The fourth-order valence-corrected chi connectivity index (χ4v) is 1.24. The average Bonchev–Trinajstić information content (AvgIpc) is 1.88. The molecule has 0 saturated carbocycles. The molecule has 0 aliphatic heterocycles. The Balaban J connectivity index is 4.50. The smallest absolute Gasteiger partial charge is 0.0958 e. The Morgan fingerprint density at radius 1 is 1.60 bits per heavy atom. The van der Waals surface area contributed by atoms with Gasteiger partial charge in [-0.05, 0) is 12.3 Å². The molecule has 0 aliphatic carbocycles. The van der Waals surface area contributed by atoms with Crippen LogP contribution in [0, 0.1) is 17.2 Å². The molecule has 0 unspecified atom stereocenters. The molecule has 0 aromatic heterocycles. The number of halogens is 1. The topological polar surface area (TPSA) is 23.8 Å². The molecular weight excluding hydrogens is 190 g/mol. The molecule has 2 heteroatoms. The van der Waals surface area contributed by atoms with Crippen LogP contribution >= 0.6 is 15.9 Å². The van der Waals surface area contributed by atoms with E-state index in [9.17, 15) is 0 Å². The van der Waals surface area contributed by atoms with Gasteiger partial charge in [-0.3, -0.25) is 0 Å². The first-order chi connectivity index (χ1) is 4.63. The van der Waals surface area contributed by atoms with Gasteiger partial charge in [-0.1, -0.05) is 36.7 Å². The molecule has 0 radical (unpaired) electrons. The Labute approximate surface area is 70.9 Å². The second kappa shape index (κ2) is 4.51. The van der Waals surface area contributed by atoms with Crippen molar-refractivity contribution in [3.63, 3.8) is 0 Å². The van der Waals surface area contributed by atoms with Crippen LogP contribution in [0.25, 0.3) is 0 Å². The van der Waals surface area contributed by atoms with Gasteiger partial charge in [0.1, 0.15) is 0 Å². The van der Waals surface area contributed by atoms with Gasteiger partial charge < -0.3 is 0 Å². The van der Waals surface area contributed by atoms with E-state index in [2.05, 4.69) is 22.0 Å². The van der Waals surface area contributed by atoms with Crippen molar-refractivity contribution in [1.82, 2.24) is 0 Å². The third-order valence-electron chi connectivity index (χ3n) is 1.30. The Hall–Kier alpha value is -0.290. The molecule has 0 fully saturated rings. The summed E-state index contributed by atoms with van der Waals surface area (Å²) in [5, 5.41) is 8.66. The second-order valence-electron chi connectivity index (χ2n) is 2.44. The van der Waals surface area contributed by atoms with Crippen molar-refractivity contribution in [2.75, 3.05) is 0 Å². The van der Waals surface area contributed by atoms with Crippen LogP contribution in [0.4, 0.5) is 0 Å². The summed E-state index contributed by atoms with van der Waals surface area (Å²) in [5.74, 6) is 0.333. The standard InChI is InChI=1S/C8H12BrN/c1-4-8(9)7(5-10)6(2)3/h6H,4H2,1-3H3. The summed E-state index contributed by atoms with van der Waals surface area (Å²) in [6.07, 6.45) is 0.904. The van der Waals surface area contributed by atoms with Gasteiger partial charge in [0.25, 0.3) is 0 Å². The molecule has 0 spiro atoms. The van der Waals surface area contributed by atoms with E-state index in [-0.39, 0.29) is 0 Å². The lowest BCUT2D eigenvalue weighted by atomic mass is 10.0. The molecule has 1 nitrogen and oxygen atoms in total. The Morgan fingerprint density at radius 3 is 2.20 bits per heavy atom. The van der Waals surface area contributed by atoms with Crippen molar-refractivity contribution < 1.29 is 0 Å². The molecule has 0 aromatic rings. The number of allylic oxidation sites excluding steroid dienone is 2. The van der Waals surface area contributed by atoms with Crippen LogP contribution in [-0.4, -0.2) is 0 Å². The number of nitriles is 1. The van der Waals surface area contributed by atoms with Crippen molar-refractivity contribution in [2.24, 2.45) is 5.92 Å². The van der Waals surface area contributed by atoms with Gasteiger partial charge in [-0.2, -0.15) is 5.26 Å². The van der Waals surface area contributed by atoms with Gasteiger partial charge in [0.15, 0.2) is 0 Å². The van der Waals surface area contributed by atoms with Crippen molar-refractivity contribution in [3.05, 3.63) is 10.1 Å². The maximum absolute atomic E-state index is 8.66. The van der Waals surface area contributed by atoms with Crippen LogP contribution in [0.1, 0.15) is 27.2 Å². The lowest BCUT2D eigenvalue weighted by Crippen LogP contribution is -1.92. The highest BCUT2D eigenvalue weighted by atomic mass is 79.9. The number of hydrogen-bond donors (Lipinski definition) is 0. The maximum Gasteiger partial charge on any atom is 0.0958 e. The summed E-state index contributed by atoms with van der Waals surface area (Å²) in [5.41, 5.74) is 0.863. The average molecular weight is 202 g/mol. The van der Waals surface area contributed by atoms with Crippen molar-refractivity contribution in [3.8, 4) is 6.07 Å². The third-order valence-corrected chi connectivity index (χ3v) is 2.29. The van der Waals surface area contributed by atoms with Crippen LogP contribution < -0.4 is 0 Å². The van der Waals surface area contributed by atoms with Crippen molar-refractivity contribution >= 4 is 15.9 Å². The maximum atomic E-state index is 8.66. The van der Waals surface area contributed by atoms with Gasteiger partial charge >= 0.3 is 0 Å². The molecule has 56 valence electrons. The minimum Gasteiger partial charge on any atom is -0.193 e. The minimum absolute atomic E-state index is 0.333. The molecule has 10 heavy (non-hydrogen) atoms. The monoisotopic (exact) mass is 201 g/mol. The van der Waals surface area contributed by atoms with Gasteiger partial charge in [0, 0.05) is 10.1 Å². The first-order valence-electron chi connectivity index (χ1n) is 3.42. The zero-order valence-electron chi connectivity index (χ0n) is 6.61. The Kier molecular flexibility index (Phi) is 4.38. The third kappa shape index (κ3) is 2.53. The van der Waals surface area contributed by atoms with E-state index in [0.29, 0.717) is 5.92 Å². The first kappa shape index (κ1) is 9.71. The summed E-state index contributed by atoms with van der Waals surface area (Å²) >= 11 is 3.36. The van der Waals surface area contributed by atoms with E-state index >= 15 is 0 Å². The van der Waals surface area contributed by atoms with Gasteiger partial charge in [0.05, 0.1) is 6.07 Å². The molecule has 0 atom stereocenters. The number of rotatable bonds is 2. The van der Waals surface area contributed by atoms with Gasteiger partial charge in [0.2, 0.25) is 0 Å². The summed E-state index contributed by atoms with van der Waals surface area (Å²) in [4.78, 5) is 0. The van der Waals surface area contributed by atoms with Gasteiger partial charge in [-0.25, -0.2) is 0 Å². The normalized spacial score (nSPS) is 12.8. The van der Waals surface area contributed by atoms with Gasteiger partial charge in [-0.15, -0.1) is 0 Å². The predicted octanol–water partition coefficient (Wildman–Crippen LogP) is 3.22. The molecule has 0 rings (SSSR count). The van der Waals surface area contributed by atoms with Crippen molar-refractivity contribution in [1.29, 1.82) is 5.26 Å². The minimum atomic E-state index is 0.333. The quantitative estimate of drug-likeness (QED) is 0.630. The molecule has 0 amide bonds. The lowest BCUT2D eigenvalue weighted by Gasteiger charge is -2.03. The summed E-state index contributed by atoms with van der Waals surface area (Å²) < 4.78 is 1.03. The Morgan fingerprint density at radius 2 is 2.10 bits per heavy atom. The number of nitrogens with zero attached hydrogens (tertiary/aromatic N) is 1. The van der Waals surface area contributed by atoms with Crippen LogP contribution in [0.3, 0.4) is 0 Å². The van der Waals surface area contributed by atoms with E-state index in [0.717, 1.165) is 16.5 Å². The molecule has 0 aliphatic rings. The van der Waals surface area contributed by atoms with E-state index in [4.69, 9.17) is 5.26 Å². The zero-order chi connectivity index (χ0) is 8.15. The molecule has 0 saturated heterocycles. The fraction of sp³-hybridized carbons (Fsp3) is 0.625. The summed E-state index contributed by atoms with van der Waals surface area (Å²) in [7, 11) is 0. The van der Waals surface area contributed by atoms with Crippen molar-refractivity contribution in [2.45, 2.75) is 27.2 Å². The molecule has 0 bridgehead atoms. The lowest BCUT2D eigenvalue weighted by molar-refractivity contribution is 0.787. The highest BCUT2D eigenvalue weighted by molar-refractivity contribution is 9.11. The first-order valence-corrected chi connectivity index (χ1v) is 4.21. The largest absolute Gasteiger partial charge is 0.193 e. The van der Waals surface area contributed by atoms with E-state index in [1.165, 1.54) is 0 Å². The van der Waals surface area contributed by atoms with Crippen LogP contribution in [0.5, 0.6) is 0 Å². The highest BCUT2D eigenvalue weighted by Crippen LogP contribution is 2.21. The van der Waals surface area contributed by atoms with Crippen LogP contribution in [0.15, 0.2) is 10.1 Å². The number of hydrogen-bond acceptors (Lipinski definition) is 1. The Bertz CT molecular complexity index is 174. The zero-order valence-corrected chi connectivity index (χ0v) is 8.20. The fourth-order valence-electron chi connectivity index (χ4n) is 0.693. The summed E-state index contributed by atoms with van der Waals surface area (Å²) in [6, 6.07) is 2.18. The SMILES string of the molecule is CCC(Br)=C(C#N)C(C)C. The molecule has 0 heterocycles. The van der Waals surface area contributed by atoms with Crippen LogP contribution in [0.2, 0.25) is 0 Å². The van der Waals surface area contributed by atoms with Crippen LogP contribution in [-0.2, 0) is 0 Å². The molecule has 0 aromatic carbocycles. The van der Waals surface area contributed by atoms with E-state index in [1.54, 1.807) is 0 Å².